The number of benzene rings is 6. The predicted molar refractivity (Wildman–Crippen MR) is 257 cm³/mol. The summed E-state index contributed by atoms with van der Waals surface area (Å²) in [7, 11) is 0. The van der Waals surface area contributed by atoms with E-state index < -0.39 is 0 Å². The van der Waals surface area contributed by atoms with Crippen LogP contribution in [0.3, 0.4) is 0 Å². The van der Waals surface area contributed by atoms with Gasteiger partial charge in [0, 0.05) is 44.7 Å². The van der Waals surface area contributed by atoms with E-state index in [2.05, 4.69) is 207 Å². The number of rotatable bonds is 2. The highest BCUT2D eigenvalue weighted by molar-refractivity contribution is 7.00. The summed E-state index contributed by atoms with van der Waals surface area (Å²) in [6, 6.07) is 43.1. The molecule has 0 N–H and O–H groups in total. The molecule has 6 aromatic carbocycles. The molecule has 59 heavy (non-hydrogen) atoms. The average Bonchev–Trinajstić information content (AvgIpc) is 3.80. The molecule has 1 aromatic heterocycles. The maximum absolute atomic E-state index is 2.68. The molecule has 0 spiro atoms. The summed E-state index contributed by atoms with van der Waals surface area (Å²) in [5.41, 5.74) is 21.5. The minimum absolute atomic E-state index is 0.00317. The van der Waals surface area contributed by atoms with Gasteiger partial charge in [-0.1, -0.05) is 123 Å². The van der Waals surface area contributed by atoms with Crippen molar-refractivity contribution in [3.8, 4) is 0 Å². The van der Waals surface area contributed by atoms with Crippen molar-refractivity contribution in [2.45, 2.75) is 124 Å². The Morgan fingerprint density at radius 3 is 1.68 bits per heavy atom. The van der Waals surface area contributed by atoms with Gasteiger partial charge in [0.15, 0.2) is 0 Å². The van der Waals surface area contributed by atoms with Crippen LogP contribution in [0.25, 0.3) is 21.8 Å². The van der Waals surface area contributed by atoms with Crippen LogP contribution in [0, 0.1) is 0 Å². The SMILES string of the molecule is CC(C)(C)c1ccc(N2c3ccc(C(C)(C)C)cc3B3c4ccc5c(c4N(c4ccc(C(C)(C)C)cc4)c4cccc2c43)c2ccc3c(c2n5C(C)(C)C)CCC3)cc1. The van der Waals surface area contributed by atoms with Crippen LogP contribution in [0.1, 0.15) is 117 Å². The highest BCUT2D eigenvalue weighted by Crippen LogP contribution is 2.50. The monoisotopic (exact) mass is 773 g/mol. The number of nitrogens with zero attached hydrogens (tertiary/aromatic N) is 3. The third-order valence-corrected chi connectivity index (χ3v) is 13.6. The Morgan fingerprint density at radius 2 is 1.08 bits per heavy atom. The molecule has 0 fully saturated rings. The summed E-state index contributed by atoms with van der Waals surface area (Å²) in [5, 5.41) is 2.75. The van der Waals surface area contributed by atoms with Crippen molar-refractivity contribution in [2.75, 3.05) is 9.80 Å². The molecule has 3 aliphatic rings. The highest BCUT2D eigenvalue weighted by atomic mass is 15.2. The number of hydrogen-bond donors (Lipinski definition) is 0. The maximum Gasteiger partial charge on any atom is 0.252 e. The molecule has 2 aliphatic heterocycles. The predicted octanol–water partition coefficient (Wildman–Crippen LogP) is 13.0. The van der Waals surface area contributed by atoms with Crippen LogP contribution in [-0.2, 0) is 34.6 Å². The molecule has 7 aromatic rings. The lowest BCUT2D eigenvalue weighted by atomic mass is 9.33. The third-order valence-electron chi connectivity index (χ3n) is 13.6. The zero-order chi connectivity index (χ0) is 41.6. The summed E-state index contributed by atoms with van der Waals surface area (Å²) in [6.07, 6.45) is 3.54. The lowest BCUT2D eigenvalue weighted by molar-refractivity contribution is 0.422. The molecule has 3 heterocycles. The molecule has 0 bridgehead atoms. The summed E-state index contributed by atoms with van der Waals surface area (Å²) in [5.74, 6) is 0. The summed E-state index contributed by atoms with van der Waals surface area (Å²) >= 11 is 0. The zero-order valence-electron chi connectivity index (χ0n) is 37.4. The van der Waals surface area contributed by atoms with E-state index in [0.29, 0.717) is 0 Å². The molecule has 0 saturated carbocycles. The van der Waals surface area contributed by atoms with Crippen LogP contribution in [0.4, 0.5) is 34.1 Å². The molecule has 1 aliphatic carbocycles. The van der Waals surface area contributed by atoms with E-state index in [4.69, 9.17) is 0 Å². The first-order valence-electron chi connectivity index (χ1n) is 22.0. The minimum atomic E-state index is -0.104. The first-order chi connectivity index (χ1) is 27.8. The smallest absolute Gasteiger partial charge is 0.252 e. The van der Waals surface area contributed by atoms with Gasteiger partial charge in [-0.25, -0.2) is 0 Å². The van der Waals surface area contributed by atoms with Gasteiger partial charge in [-0.3, -0.25) is 0 Å². The average molecular weight is 774 g/mol. The van der Waals surface area contributed by atoms with Crippen LogP contribution >= 0.6 is 0 Å². The molecular formula is C55H60BN3. The largest absolute Gasteiger partial charge is 0.335 e. The molecule has 0 atom stereocenters. The summed E-state index contributed by atoms with van der Waals surface area (Å²) in [4.78, 5) is 5.18. The van der Waals surface area contributed by atoms with Crippen LogP contribution in [0.15, 0.2) is 109 Å². The third kappa shape index (κ3) is 5.76. The Labute approximate surface area is 353 Å². The quantitative estimate of drug-likeness (QED) is 0.162. The van der Waals surface area contributed by atoms with Crippen LogP contribution in [0.5, 0.6) is 0 Å². The van der Waals surface area contributed by atoms with E-state index in [-0.39, 0.29) is 28.5 Å². The van der Waals surface area contributed by atoms with Gasteiger partial charge in [0.1, 0.15) is 0 Å². The Kier molecular flexibility index (Phi) is 8.15. The van der Waals surface area contributed by atoms with E-state index in [1.807, 2.05) is 0 Å². The van der Waals surface area contributed by atoms with Crippen molar-refractivity contribution in [3.63, 3.8) is 0 Å². The Hall–Kier alpha value is -5.22. The molecule has 0 amide bonds. The molecular weight excluding hydrogens is 713 g/mol. The molecule has 0 unspecified atom stereocenters. The lowest BCUT2D eigenvalue weighted by Gasteiger charge is -2.45. The van der Waals surface area contributed by atoms with Gasteiger partial charge < -0.3 is 14.4 Å². The first kappa shape index (κ1) is 38.0. The van der Waals surface area contributed by atoms with Gasteiger partial charge in [-0.15, -0.1) is 0 Å². The van der Waals surface area contributed by atoms with Gasteiger partial charge in [-0.05, 0) is 149 Å². The van der Waals surface area contributed by atoms with Crippen molar-refractivity contribution < 1.29 is 0 Å². The van der Waals surface area contributed by atoms with Gasteiger partial charge >= 0.3 is 0 Å². The fourth-order valence-electron chi connectivity index (χ4n) is 10.6. The molecule has 0 radical (unpaired) electrons. The minimum Gasteiger partial charge on any atom is -0.335 e. The maximum atomic E-state index is 2.68. The second-order valence-corrected chi connectivity index (χ2v) is 21.8. The topological polar surface area (TPSA) is 11.4 Å². The van der Waals surface area contributed by atoms with E-state index >= 15 is 0 Å². The number of aromatic nitrogens is 1. The van der Waals surface area contributed by atoms with Crippen LogP contribution in [-0.4, -0.2) is 11.3 Å². The van der Waals surface area contributed by atoms with Gasteiger partial charge in [0.05, 0.1) is 16.7 Å². The molecule has 298 valence electrons. The normalized spacial score (nSPS) is 15.2. The fourth-order valence-corrected chi connectivity index (χ4v) is 10.6. The van der Waals surface area contributed by atoms with Crippen LogP contribution < -0.4 is 26.2 Å². The van der Waals surface area contributed by atoms with Gasteiger partial charge in [0.2, 0.25) is 0 Å². The van der Waals surface area contributed by atoms with Crippen molar-refractivity contribution in [1.82, 2.24) is 4.57 Å². The highest BCUT2D eigenvalue weighted by Gasteiger charge is 2.45. The number of aryl methyl sites for hydroxylation is 2. The Bertz CT molecular complexity index is 2830. The molecule has 0 saturated heterocycles. The molecule has 4 heteroatoms. The number of anilines is 6. The van der Waals surface area contributed by atoms with Gasteiger partial charge in [0.25, 0.3) is 6.71 Å². The fraction of sp³-hybridized carbons (Fsp3) is 0.345. The summed E-state index contributed by atoms with van der Waals surface area (Å²) < 4.78 is 2.68. The van der Waals surface area contributed by atoms with Gasteiger partial charge in [-0.2, -0.15) is 0 Å². The van der Waals surface area contributed by atoms with Crippen molar-refractivity contribution in [1.29, 1.82) is 0 Å². The van der Waals surface area contributed by atoms with E-state index in [0.717, 1.165) is 6.42 Å². The second-order valence-electron chi connectivity index (χ2n) is 21.8. The molecule has 10 rings (SSSR count). The molecule has 3 nitrogen and oxygen atoms in total. The van der Waals surface area contributed by atoms with Crippen molar-refractivity contribution in [2.24, 2.45) is 0 Å². The van der Waals surface area contributed by atoms with E-state index in [9.17, 15) is 0 Å². The first-order valence-corrected chi connectivity index (χ1v) is 22.0. The van der Waals surface area contributed by atoms with E-state index in [1.165, 1.54) is 107 Å². The number of fused-ring (bicyclic) bond motifs is 10. The second kappa shape index (κ2) is 12.6. The van der Waals surface area contributed by atoms with Crippen molar-refractivity contribution in [3.05, 3.63) is 137 Å². The van der Waals surface area contributed by atoms with E-state index in [1.54, 1.807) is 5.56 Å². The number of hydrogen-bond acceptors (Lipinski definition) is 2. The standard InChI is InChI=1S/C55H60BN3/c1-52(2,3)35-20-25-38(26-21-35)57-44-31-24-37(54(7,8)9)33-43(44)56-42-30-32-45-48(41-29-19-34-15-13-16-40(34)50(41)59(45)55(10,11)12)51(42)58(47-18-14-17-46(57)49(47)56)39-27-22-36(23-28-39)53(4,5)6/h14,17-33H,13,15-16H2,1-12H3. The zero-order valence-corrected chi connectivity index (χ0v) is 37.4. The summed E-state index contributed by atoms with van der Waals surface area (Å²) in [6.45, 7) is 28.1. The lowest BCUT2D eigenvalue weighted by Crippen LogP contribution is -2.61. The van der Waals surface area contributed by atoms with Crippen molar-refractivity contribution >= 4 is 79.0 Å². The van der Waals surface area contributed by atoms with Crippen LogP contribution in [0.2, 0.25) is 0 Å². The Balaban J connectivity index is 1.34. The Morgan fingerprint density at radius 1 is 0.508 bits per heavy atom.